The van der Waals surface area contributed by atoms with Gasteiger partial charge in [-0.25, -0.2) is 4.98 Å². The maximum atomic E-state index is 5.72. The van der Waals surface area contributed by atoms with Gasteiger partial charge in [0.15, 0.2) is 5.75 Å². The third-order valence-corrected chi connectivity index (χ3v) is 2.97. The van der Waals surface area contributed by atoms with Gasteiger partial charge in [-0.05, 0) is 36.4 Å². The number of para-hydroxylation sites is 2. The van der Waals surface area contributed by atoms with Crippen LogP contribution in [-0.4, -0.2) is 9.71 Å². The number of hydrogen-bond acceptors (Lipinski definition) is 2. The predicted molar refractivity (Wildman–Crippen MR) is 69.9 cm³/mol. The van der Waals surface area contributed by atoms with Crippen LogP contribution in [0.25, 0.3) is 11.0 Å². The number of halogens is 1. The molecule has 0 bridgehead atoms. The van der Waals surface area contributed by atoms with Crippen molar-refractivity contribution >= 4 is 27.0 Å². The van der Waals surface area contributed by atoms with Crippen LogP contribution in [0.5, 0.6) is 5.75 Å². The minimum absolute atomic E-state index is 0.774. The fourth-order valence-corrected chi connectivity index (χ4v) is 1.88. The third-order valence-electron chi connectivity index (χ3n) is 2.44. The molecule has 2 aromatic carbocycles. The second-order valence-electron chi connectivity index (χ2n) is 3.60. The molecule has 0 amide bonds. The Hall–Kier alpha value is -1.81. The lowest BCUT2D eigenvalue weighted by Gasteiger charge is -2.06. The Morgan fingerprint density at radius 3 is 2.59 bits per heavy atom. The summed E-state index contributed by atoms with van der Waals surface area (Å²) < 4.78 is 2.69. The number of aromatic nitrogens is 2. The monoisotopic (exact) mass is 288 g/mol. The van der Waals surface area contributed by atoms with E-state index in [0.29, 0.717) is 0 Å². The molecule has 0 aliphatic rings. The minimum Gasteiger partial charge on any atom is -0.374 e. The van der Waals surface area contributed by atoms with E-state index in [4.69, 9.17) is 4.84 Å². The maximum Gasteiger partial charge on any atom is 0.155 e. The standard InChI is InChI=1S/C13H9BrN2O/c14-10-5-7-11(8-6-10)17-16-9-15-12-3-1-2-4-13(12)16/h1-9H. The molecule has 0 saturated carbocycles. The lowest BCUT2D eigenvalue weighted by atomic mass is 10.3. The summed E-state index contributed by atoms with van der Waals surface area (Å²) in [6.07, 6.45) is 1.67. The summed E-state index contributed by atoms with van der Waals surface area (Å²) in [5, 5.41) is 0. The zero-order valence-corrected chi connectivity index (χ0v) is 10.5. The van der Waals surface area contributed by atoms with Crippen molar-refractivity contribution in [3.8, 4) is 5.75 Å². The summed E-state index contributed by atoms with van der Waals surface area (Å²) in [6.45, 7) is 0. The van der Waals surface area contributed by atoms with Crippen LogP contribution in [0.2, 0.25) is 0 Å². The van der Waals surface area contributed by atoms with Gasteiger partial charge >= 0.3 is 0 Å². The van der Waals surface area contributed by atoms with Gasteiger partial charge in [0.1, 0.15) is 11.8 Å². The molecule has 3 nitrogen and oxygen atoms in total. The highest BCUT2D eigenvalue weighted by Crippen LogP contribution is 2.18. The second kappa shape index (κ2) is 4.22. The summed E-state index contributed by atoms with van der Waals surface area (Å²) in [5.74, 6) is 0.774. The number of imidazole rings is 1. The average molecular weight is 289 g/mol. The lowest BCUT2D eigenvalue weighted by Crippen LogP contribution is -2.02. The highest BCUT2D eigenvalue weighted by molar-refractivity contribution is 9.10. The summed E-state index contributed by atoms with van der Waals surface area (Å²) in [5.41, 5.74) is 1.88. The quantitative estimate of drug-likeness (QED) is 0.720. The van der Waals surface area contributed by atoms with Crippen molar-refractivity contribution in [2.75, 3.05) is 0 Å². The van der Waals surface area contributed by atoms with E-state index in [1.54, 1.807) is 11.1 Å². The van der Waals surface area contributed by atoms with Crippen molar-refractivity contribution in [3.05, 3.63) is 59.3 Å². The minimum atomic E-state index is 0.774. The van der Waals surface area contributed by atoms with Gasteiger partial charge in [-0.1, -0.05) is 28.1 Å². The van der Waals surface area contributed by atoms with E-state index in [2.05, 4.69) is 20.9 Å². The topological polar surface area (TPSA) is 27.1 Å². The molecule has 3 rings (SSSR count). The first-order chi connectivity index (χ1) is 8.33. The van der Waals surface area contributed by atoms with Crippen molar-refractivity contribution in [1.82, 2.24) is 9.71 Å². The van der Waals surface area contributed by atoms with Crippen LogP contribution in [0.15, 0.2) is 59.3 Å². The van der Waals surface area contributed by atoms with Crippen LogP contribution in [0.4, 0.5) is 0 Å². The molecule has 1 heterocycles. The van der Waals surface area contributed by atoms with Gasteiger partial charge in [0.2, 0.25) is 0 Å². The number of benzene rings is 2. The molecular weight excluding hydrogens is 280 g/mol. The van der Waals surface area contributed by atoms with Crippen LogP contribution >= 0.6 is 15.9 Å². The van der Waals surface area contributed by atoms with Crippen molar-refractivity contribution in [2.24, 2.45) is 0 Å². The Balaban J connectivity index is 1.97. The second-order valence-corrected chi connectivity index (χ2v) is 4.52. The predicted octanol–water partition coefficient (Wildman–Crippen LogP) is 3.64. The molecular formula is C13H9BrN2O. The summed E-state index contributed by atoms with van der Waals surface area (Å²) in [7, 11) is 0. The summed E-state index contributed by atoms with van der Waals surface area (Å²) in [4.78, 5) is 9.98. The molecule has 0 fully saturated rings. The number of nitrogens with zero attached hydrogens (tertiary/aromatic N) is 2. The Morgan fingerprint density at radius 1 is 1.00 bits per heavy atom. The molecule has 3 aromatic rings. The highest BCUT2D eigenvalue weighted by Gasteiger charge is 2.02. The normalized spacial score (nSPS) is 10.6. The highest BCUT2D eigenvalue weighted by atomic mass is 79.9. The van der Waals surface area contributed by atoms with E-state index in [9.17, 15) is 0 Å². The van der Waals surface area contributed by atoms with E-state index < -0.39 is 0 Å². The van der Waals surface area contributed by atoms with Gasteiger partial charge in [-0.2, -0.15) is 4.73 Å². The smallest absolute Gasteiger partial charge is 0.155 e. The molecule has 0 aliphatic carbocycles. The first-order valence-corrected chi connectivity index (χ1v) is 5.98. The van der Waals surface area contributed by atoms with Crippen LogP contribution in [0.3, 0.4) is 0 Å². The molecule has 1 aromatic heterocycles. The van der Waals surface area contributed by atoms with Crippen LogP contribution in [-0.2, 0) is 0 Å². The van der Waals surface area contributed by atoms with E-state index in [0.717, 1.165) is 21.3 Å². The van der Waals surface area contributed by atoms with Gasteiger partial charge in [0, 0.05) is 4.47 Å². The van der Waals surface area contributed by atoms with E-state index in [1.807, 2.05) is 48.5 Å². The third kappa shape index (κ3) is 2.03. The first kappa shape index (κ1) is 10.4. The fraction of sp³-hybridized carbons (Fsp3) is 0. The number of hydrogen-bond donors (Lipinski definition) is 0. The number of rotatable bonds is 2. The Labute approximate surface area is 107 Å². The van der Waals surface area contributed by atoms with E-state index in [-0.39, 0.29) is 0 Å². The van der Waals surface area contributed by atoms with Crippen molar-refractivity contribution < 1.29 is 4.84 Å². The van der Waals surface area contributed by atoms with Gasteiger partial charge < -0.3 is 4.84 Å². The van der Waals surface area contributed by atoms with Gasteiger partial charge in [0.25, 0.3) is 0 Å². The van der Waals surface area contributed by atoms with E-state index >= 15 is 0 Å². The Bertz CT molecular complexity index is 646. The SMILES string of the molecule is Brc1ccc(On2cnc3ccccc32)cc1. The molecule has 0 atom stereocenters. The van der Waals surface area contributed by atoms with Crippen LogP contribution in [0.1, 0.15) is 0 Å². The van der Waals surface area contributed by atoms with Crippen molar-refractivity contribution in [3.63, 3.8) is 0 Å². The molecule has 0 spiro atoms. The molecule has 0 saturated heterocycles. The molecule has 84 valence electrons. The summed E-state index contributed by atoms with van der Waals surface area (Å²) in [6, 6.07) is 15.5. The van der Waals surface area contributed by atoms with Gasteiger partial charge in [0.05, 0.1) is 5.52 Å². The lowest BCUT2D eigenvalue weighted by molar-refractivity contribution is 0.227. The Kier molecular flexibility index (Phi) is 2.57. The molecule has 17 heavy (non-hydrogen) atoms. The zero-order valence-electron chi connectivity index (χ0n) is 8.88. The van der Waals surface area contributed by atoms with Crippen molar-refractivity contribution in [1.29, 1.82) is 0 Å². The molecule has 0 unspecified atom stereocenters. The van der Waals surface area contributed by atoms with Gasteiger partial charge in [-0.3, -0.25) is 0 Å². The van der Waals surface area contributed by atoms with E-state index in [1.165, 1.54) is 0 Å². The first-order valence-electron chi connectivity index (χ1n) is 5.19. The van der Waals surface area contributed by atoms with Crippen LogP contribution < -0.4 is 4.84 Å². The molecule has 0 aliphatic heterocycles. The Morgan fingerprint density at radius 2 is 1.76 bits per heavy atom. The molecule has 0 N–H and O–H groups in total. The maximum absolute atomic E-state index is 5.72. The molecule has 4 heteroatoms. The zero-order chi connectivity index (χ0) is 11.7. The molecule has 0 radical (unpaired) electrons. The number of fused-ring (bicyclic) bond motifs is 1. The van der Waals surface area contributed by atoms with Crippen LogP contribution in [0, 0.1) is 0 Å². The average Bonchev–Trinajstić information content (AvgIpc) is 2.76. The summed E-state index contributed by atoms with van der Waals surface area (Å²) >= 11 is 3.39. The van der Waals surface area contributed by atoms with Gasteiger partial charge in [-0.15, -0.1) is 0 Å². The largest absolute Gasteiger partial charge is 0.374 e. The van der Waals surface area contributed by atoms with Crippen molar-refractivity contribution in [2.45, 2.75) is 0 Å². The fourth-order valence-electron chi connectivity index (χ4n) is 1.62.